The molecule has 3 aromatic rings. The monoisotopic (exact) mass is 366 g/mol. The number of amides is 1. The van der Waals surface area contributed by atoms with Gasteiger partial charge in [0.2, 0.25) is 0 Å². The SMILES string of the molecule is COc1ccc(-c2cc(C(=O)OCC(N)=O)c3ccccc3n2)cc1OC. The summed E-state index contributed by atoms with van der Waals surface area (Å²) in [6.45, 7) is -0.485. The van der Waals surface area contributed by atoms with Crippen LogP contribution in [0.1, 0.15) is 10.4 Å². The minimum atomic E-state index is -0.721. The number of para-hydroxylation sites is 1. The van der Waals surface area contributed by atoms with E-state index in [0.29, 0.717) is 33.7 Å². The van der Waals surface area contributed by atoms with E-state index in [-0.39, 0.29) is 0 Å². The number of hydrogen-bond acceptors (Lipinski definition) is 6. The van der Waals surface area contributed by atoms with Crippen LogP contribution in [-0.4, -0.2) is 37.7 Å². The summed E-state index contributed by atoms with van der Waals surface area (Å²) in [5.74, 6) is -0.234. The van der Waals surface area contributed by atoms with E-state index in [1.165, 1.54) is 0 Å². The fourth-order valence-corrected chi connectivity index (χ4v) is 2.70. The number of benzene rings is 2. The molecule has 0 radical (unpaired) electrons. The van der Waals surface area contributed by atoms with Gasteiger partial charge in [-0.1, -0.05) is 18.2 Å². The lowest BCUT2D eigenvalue weighted by Gasteiger charge is -2.12. The normalized spacial score (nSPS) is 10.4. The van der Waals surface area contributed by atoms with Gasteiger partial charge in [-0.3, -0.25) is 4.79 Å². The number of hydrogen-bond donors (Lipinski definition) is 1. The maximum atomic E-state index is 12.5. The molecule has 0 fully saturated rings. The van der Waals surface area contributed by atoms with Crippen LogP contribution in [0.2, 0.25) is 0 Å². The number of carbonyl (C=O) groups is 2. The average molecular weight is 366 g/mol. The third-order valence-electron chi connectivity index (χ3n) is 3.96. The Morgan fingerprint density at radius 2 is 1.74 bits per heavy atom. The summed E-state index contributed by atoms with van der Waals surface area (Å²) in [5, 5.41) is 0.621. The highest BCUT2D eigenvalue weighted by Crippen LogP contribution is 2.33. The van der Waals surface area contributed by atoms with Gasteiger partial charge in [-0.05, 0) is 30.3 Å². The number of nitrogens with two attached hydrogens (primary N) is 1. The number of esters is 1. The zero-order chi connectivity index (χ0) is 19.4. The molecule has 0 aliphatic carbocycles. The Kier molecular flexibility index (Phi) is 5.21. The number of methoxy groups -OCH3 is 2. The molecule has 0 saturated heterocycles. The van der Waals surface area contributed by atoms with Crippen molar-refractivity contribution in [1.29, 1.82) is 0 Å². The number of primary amides is 1. The summed E-state index contributed by atoms with van der Waals surface area (Å²) < 4.78 is 15.6. The molecule has 0 unspecified atom stereocenters. The van der Waals surface area contributed by atoms with Gasteiger partial charge in [0, 0.05) is 10.9 Å². The van der Waals surface area contributed by atoms with Crippen molar-refractivity contribution in [2.24, 2.45) is 5.73 Å². The van der Waals surface area contributed by atoms with Crippen LogP contribution in [0.4, 0.5) is 0 Å². The first-order valence-electron chi connectivity index (χ1n) is 8.11. The third kappa shape index (κ3) is 3.82. The van der Waals surface area contributed by atoms with Crippen LogP contribution in [0.15, 0.2) is 48.5 Å². The molecule has 1 aromatic heterocycles. The van der Waals surface area contributed by atoms with Crippen LogP contribution in [0.5, 0.6) is 11.5 Å². The van der Waals surface area contributed by atoms with Crippen LogP contribution in [0.3, 0.4) is 0 Å². The number of pyridine rings is 1. The Balaban J connectivity index is 2.12. The van der Waals surface area contributed by atoms with Gasteiger partial charge < -0.3 is 19.9 Å². The van der Waals surface area contributed by atoms with Gasteiger partial charge in [0.25, 0.3) is 5.91 Å². The van der Waals surface area contributed by atoms with E-state index >= 15 is 0 Å². The Labute approximate surface area is 155 Å². The van der Waals surface area contributed by atoms with Crippen molar-refractivity contribution in [3.8, 4) is 22.8 Å². The predicted octanol–water partition coefficient (Wildman–Crippen LogP) is 2.56. The number of carbonyl (C=O) groups excluding carboxylic acids is 2. The van der Waals surface area contributed by atoms with Crippen LogP contribution in [0, 0.1) is 0 Å². The quantitative estimate of drug-likeness (QED) is 0.673. The Hall–Kier alpha value is -3.61. The van der Waals surface area contributed by atoms with Gasteiger partial charge in [0.05, 0.1) is 31.0 Å². The van der Waals surface area contributed by atoms with Crippen molar-refractivity contribution in [2.45, 2.75) is 0 Å². The van der Waals surface area contributed by atoms with Crippen molar-refractivity contribution in [3.63, 3.8) is 0 Å². The molecule has 3 rings (SSSR count). The molecule has 0 aliphatic rings. The maximum absolute atomic E-state index is 12.5. The summed E-state index contributed by atoms with van der Waals surface area (Å²) in [7, 11) is 3.10. The summed E-state index contributed by atoms with van der Waals surface area (Å²) in [5.41, 5.74) is 7.27. The molecule has 0 saturated carbocycles. The number of nitrogens with zero attached hydrogens (tertiary/aromatic N) is 1. The van der Waals surface area contributed by atoms with E-state index in [2.05, 4.69) is 4.98 Å². The molecule has 0 atom stereocenters. The second-order valence-electron chi connectivity index (χ2n) is 5.68. The van der Waals surface area contributed by atoms with E-state index < -0.39 is 18.5 Å². The van der Waals surface area contributed by atoms with Gasteiger partial charge in [-0.25, -0.2) is 9.78 Å². The highest BCUT2D eigenvalue weighted by Gasteiger charge is 2.17. The molecule has 2 N–H and O–H groups in total. The molecule has 2 aromatic carbocycles. The summed E-state index contributed by atoms with van der Waals surface area (Å²) >= 11 is 0. The van der Waals surface area contributed by atoms with Gasteiger partial charge in [0.15, 0.2) is 18.1 Å². The highest BCUT2D eigenvalue weighted by molar-refractivity contribution is 6.05. The molecule has 7 heteroatoms. The molecule has 0 spiro atoms. The Morgan fingerprint density at radius 3 is 2.44 bits per heavy atom. The minimum Gasteiger partial charge on any atom is -0.493 e. The lowest BCUT2D eigenvalue weighted by molar-refractivity contribution is -0.121. The van der Waals surface area contributed by atoms with Crippen molar-refractivity contribution >= 4 is 22.8 Å². The highest BCUT2D eigenvalue weighted by atomic mass is 16.5. The topological polar surface area (TPSA) is 101 Å². The lowest BCUT2D eigenvalue weighted by atomic mass is 10.0. The zero-order valence-corrected chi connectivity index (χ0v) is 14.9. The summed E-state index contributed by atoms with van der Waals surface area (Å²) in [4.78, 5) is 28.0. The number of aromatic nitrogens is 1. The third-order valence-corrected chi connectivity index (χ3v) is 3.96. The van der Waals surface area contributed by atoms with Crippen LogP contribution in [-0.2, 0) is 9.53 Å². The maximum Gasteiger partial charge on any atom is 0.339 e. The Morgan fingerprint density at radius 1 is 1.00 bits per heavy atom. The van der Waals surface area contributed by atoms with E-state index in [1.54, 1.807) is 50.6 Å². The fourth-order valence-electron chi connectivity index (χ4n) is 2.70. The summed E-state index contributed by atoms with van der Waals surface area (Å²) in [6, 6.07) is 14.2. The molecule has 0 bridgehead atoms. The molecule has 1 heterocycles. The number of fused-ring (bicyclic) bond motifs is 1. The van der Waals surface area contributed by atoms with Crippen molar-refractivity contribution in [3.05, 3.63) is 54.1 Å². The van der Waals surface area contributed by atoms with E-state index in [4.69, 9.17) is 19.9 Å². The second-order valence-corrected chi connectivity index (χ2v) is 5.68. The smallest absolute Gasteiger partial charge is 0.339 e. The minimum absolute atomic E-state index is 0.298. The van der Waals surface area contributed by atoms with Gasteiger partial charge >= 0.3 is 5.97 Å². The van der Waals surface area contributed by atoms with Crippen LogP contribution < -0.4 is 15.2 Å². The largest absolute Gasteiger partial charge is 0.493 e. The first-order valence-corrected chi connectivity index (χ1v) is 8.11. The first kappa shape index (κ1) is 18.2. The van der Waals surface area contributed by atoms with Crippen LogP contribution >= 0.6 is 0 Å². The lowest BCUT2D eigenvalue weighted by Crippen LogP contribution is -2.21. The van der Waals surface area contributed by atoms with E-state index in [1.807, 2.05) is 12.1 Å². The zero-order valence-electron chi connectivity index (χ0n) is 14.9. The van der Waals surface area contributed by atoms with Gasteiger partial charge in [-0.15, -0.1) is 0 Å². The van der Waals surface area contributed by atoms with Crippen molar-refractivity contribution in [2.75, 3.05) is 20.8 Å². The second kappa shape index (κ2) is 7.74. The van der Waals surface area contributed by atoms with E-state index in [9.17, 15) is 9.59 Å². The standard InChI is InChI=1S/C20H18N2O5/c1-25-17-8-7-12(9-18(17)26-2)16-10-14(20(24)27-11-19(21)23)13-5-3-4-6-15(13)22-16/h3-10H,11H2,1-2H3,(H2,21,23). The van der Waals surface area contributed by atoms with Gasteiger partial charge in [0.1, 0.15) is 0 Å². The van der Waals surface area contributed by atoms with Gasteiger partial charge in [-0.2, -0.15) is 0 Å². The first-order chi connectivity index (χ1) is 13.0. The van der Waals surface area contributed by atoms with Crippen molar-refractivity contribution < 1.29 is 23.8 Å². The number of ether oxygens (including phenoxy) is 3. The van der Waals surface area contributed by atoms with Crippen molar-refractivity contribution in [1.82, 2.24) is 4.98 Å². The average Bonchev–Trinajstić information content (AvgIpc) is 2.70. The molecule has 0 aliphatic heterocycles. The molecular formula is C20H18N2O5. The predicted molar refractivity (Wildman–Crippen MR) is 99.8 cm³/mol. The van der Waals surface area contributed by atoms with Crippen LogP contribution in [0.25, 0.3) is 22.2 Å². The molecule has 7 nitrogen and oxygen atoms in total. The molecule has 1 amide bonds. The van der Waals surface area contributed by atoms with E-state index in [0.717, 1.165) is 5.56 Å². The Bertz CT molecular complexity index is 1020. The fraction of sp³-hybridized carbons (Fsp3) is 0.150. The molecular weight excluding hydrogens is 348 g/mol. The number of rotatable bonds is 6. The summed E-state index contributed by atoms with van der Waals surface area (Å²) in [6.07, 6.45) is 0. The molecule has 138 valence electrons. The molecule has 27 heavy (non-hydrogen) atoms.